The van der Waals surface area contributed by atoms with Crippen LogP contribution in [0.25, 0.3) is 5.69 Å². The second kappa shape index (κ2) is 5.48. The Balaban J connectivity index is 2.11. The van der Waals surface area contributed by atoms with Gasteiger partial charge in [0.25, 0.3) is 0 Å². The Bertz CT molecular complexity index is 448. The van der Waals surface area contributed by atoms with Gasteiger partial charge in [0, 0.05) is 6.54 Å². The van der Waals surface area contributed by atoms with E-state index in [1.165, 1.54) is 0 Å². The third kappa shape index (κ3) is 3.06. The van der Waals surface area contributed by atoms with Crippen LogP contribution in [0.4, 0.5) is 5.69 Å². The second-order valence-corrected chi connectivity index (χ2v) is 4.47. The summed E-state index contributed by atoms with van der Waals surface area (Å²) in [5.41, 5.74) is 2.13. The average molecular weight is 230 g/mol. The Morgan fingerprint density at radius 3 is 2.82 bits per heavy atom. The maximum atomic E-state index is 4.16. The van der Waals surface area contributed by atoms with Crippen LogP contribution in [0.15, 0.2) is 36.9 Å². The highest BCUT2D eigenvalue weighted by Gasteiger charge is 2.03. The molecular weight excluding hydrogens is 212 g/mol. The average Bonchev–Trinajstić information content (AvgIpc) is 2.82. The summed E-state index contributed by atoms with van der Waals surface area (Å²) in [6, 6.07) is 8.13. The quantitative estimate of drug-likeness (QED) is 0.858. The van der Waals surface area contributed by atoms with Gasteiger partial charge in [0.1, 0.15) is 12.7 Å². The van der Waals surface area contributed by atoms with Gasteiger partial charge in [-0.15, -0.1) is 0 Å². The molecule has 0 fully saturated rings. The van der Waals surface area contributed by atoms with Crippen molar-refractivity contribution in [3.05, 3.63) is 36.9 Å². The predicted molar refractivity (Wildman–Crippen MR) is 69.3 cm³/mol. The Morgan fingerprint density at radius 2 is 2.12 bits per heavy atom. The van der Waals surface area contributed by atoms with Gasteiger partial charge in [0.2, 0.25) is 0 Å². The first kappa shape index (κ1) is 11.6. The van der Waals surface area contributed by atoms with E-state index >= 15 is 0 Å². The lowest BCUT2D eigenvalue weighted by atomic mass is 10.1. The van der Waals surface area contributed by atoms with E-state index in [0.717, 1.165) is 24.3 Å². The zero-order valence-corrected chi connectivity index (χ0v) is 10.3. The Labute approximate surface area is 102 Å². The van der Waals surface area contributed by atoms with Gasteiger partial charge in [0.15, 0.2) is 0 Å². The molecule has 2 rings (SSSR count). The van der Waals surface area contributed by atoms with Crippen molar-refractivity contribution in [2.45, 2.75) is 20.3 Å². The molecule has 0 aliphatic heterocycles. The summed E-state index contributed by atoms with van der Waals surface area (Å²) in [5.74, 6) is 0.709. The fourth-order valence-corrected chi connectivity index (χ4v) is 1.65. The maximum Gasteiger partial charge on any atom is 0.138 e. The van der Waals surface area contributed by atoms with Gasteiger partial charge in [-0.3, -0.25) is 0 Å². The molecule has 1 heterocycles. The third-order valence-corrected chi connectivity index (χ3v) is 2.61. The molecule has 0 bridgehead atoms. The lowest BCUT2D eigenvalue weighted by Crippen LogP contribution is -2.08. The van der Waals surface area contributed by atoms with Gasteiger partial charge in [-0.1, -0.05) is 26.0 Å². The summed E-state index contributed by atoms with van der Waals surface area (Å²) in [4.78, 5) is 3.97. The monoisotopic (exact) mass is 230 g/mol. The molecule has 0 aliphatic rings. The molecule has 2 aromatic rings. The van der Waals surface area contributed by atoms with Gasteiger partial charge >= 0.3 is 0 Å². The van der Waals surface area contributed by atoms with Gasteiger partial charge in [-0.2, -0.15) is 5.10 Å². The number of hydrogen-bond donors (Lipinski definition) is 1. The van der Waals surface area contributed by atoms with Crippen molar-refractivity contribution < 1.29 is 0 Å². The van der Waals surface area contributed by atoms with Crippen molar-refractivity contribution in [3.8, 4) is 5.69 Å². The third-order valence-electron chi connectivity index (χ3n) is 2.61. The van der Waals surface area contributed by atoms with Gasteiger partial charge in [-0.05, 0) is 24.5 Å². The Morgan fingerprint density at radius 1 is 1.29 bits per heavy atom. The second-order valence-electron chi connectivity index (χ2n) is 4.47. The largest absolute Gasteiger partial charge is 0.383 e. The van der Waals surface area contributed by atoms with Crippen LogP contribution in [0.1, 0.15) is 20.3 Å². The van der Waals surface area contributed by atoms with E-state index in [2.05, 4.69) is 35.3 Å². The van der Waals surface area contributed by atoms with E-state index in [1.54, 1.807) is 17.3 Å². The predicted octanol–water partition coefficient (Wildman–Crippen LogP) is 2.73. The minimum atomic E-state index is 0.709. The normalized spacial score (nSPS) is 10.8. The highest BCUT2D eigenvalue weighted by Crippen LogP contribution is 2.18. The van der Waals surface area contributed by atoms with E-state index < -0.39 is 0 Å². The standard InChI is InChI=1S/C13H18N4/c1-11(2)7-8-15-12-5-3-4-6-13(12)17-10-14-9-16-17/h3-6,9-11,15H,7-8H2,1-2H3. The fourth-order valence-electron chi connectivity index (χ4n) is 1.65. The molecule has 1 aromatic carbocycles. The zero-order valence-electron chi connectivity index (χ0n) is 10.3. The summed E-state index contributed by atoms with van der Waals surface area (Å²) in [6.07, 6.45) is 4.42. The molecule has 1 N–H and O–H groups in total. The van der Waals surface area contributed by atoms with Crippen molar-refractivity contribution >= 4 is 5.69 Å². The molecule has 0 unspecified atom stereocenters. The van der Waals surface area contributed by atoms with Crippen molar-refractivity contribution in [2.75, 3.05) is 11.9 Å². The molecule has 4 nitrogen and oxygen atoms in total. The van der Waals surface area contributed by atoms with Gasteiger partial charge in [0.05, 0.1) is 11.4 Å². The first-order valence-electron chi connectivity index (χ1n) is 5.95. The molecule has 1 aromatic heterocycles. The molecular formula is C13H18N4. The van der Waals surface area contributed by atoms with Gasteiger partial charge in [-0.25, -0.2) is 9.67 Å². The van der Waals surface area contributed by atoms with Crippen LogP contribution >= 0.6 is 0 Å². The molecule has 17 heavy (non-hydrogen) atoms. The molecule has 0 radical (unpaired) electrons. The number of anilines is 1. The number of hydrogen-bond acceptors (Lipinski definition) is 3. The lowest BCUT2D eigenvalue weighted by Gasteiger charge is -2.12. The minimum Gasteiger partial charge on any atom is -0.383 e. The SMILES string of the molecule is CC(C)CCNc1ccccc1-n1cncn1. The van der Waals surface area contributed by atoms with Crippen LogP contribution in [-0.4, -0.2) is 21.3 Å². The van der Waals surface area contributed by atoms with Crippen LogP contribution in [0, 0.1) is 5.92 Å². The van der Waals surface area contributed by atoms with Crippen LogP contribution in [0.5, 0.6) is 0 Å². The summed E-state index contributed by atoms with van der Waals surface area (Å²) < 4.78 is 1.78. The van der Waals surface area contributed by atoms with Crippen LogP contribution in [-0.2, 0) is 0 Å². The van der Waals surface area contributed by atoms with Crippen LogP contribution in [0.3, 0.4) is 0 Å². The summed E-state index contributed by atoms with van der Waals surface area (Å²) in [6.45, 7) is 5.43. The number of nitrogens with one attached hydrogen (secondary N) is 1. The van der Waals surface area contributed by atoms with Crippen molar-refractivity contribution in [1.29, 1.82) is 0 Å². The smallest absolute Gasteiger partial charge is 0.138 e. The summed E-state index contributed by atoms with van der Waals surface area (Å²) in [7, 11) is 0. The number of benzene rings is 1. The summed E-state index contributed by atoms with van der Waals surface area (Å²) in [5, 5.41) is 7.60. The molecule has 0 spiro atoms. The molecule has 90 valence electrons. The Hall–Kier alpha value is -1.84. The molecule has 0 saturated carbocycles. The van der Waals surface area contributed by atoms with E-state index in [0.29, 0.717) is 5.92 Å². The van der Waals surface area contributed by atoms with Crippen molar-refractivity contribution in [2.24, 2.45) is 5.92 Å². The van der Waals surface area contributed by atoms with Gasteiger partial charge < -0.3 is 5.32 Å². The zero-order chi connectivity index (χ0) is 12.1. The fraction of sp³-hybridized carbons (Fsp3) is 0.385. The van der Waals surface area contributed by atoms with Crippen molar-refractivity contribution in [1.82, 2.24) is 14.8 Å². The maximum absolute atomic E-state index is 4.16. The number of nitrogens with zero attached hydrogens (tertiary/aromatic N) is 3. The van der Waals surface area contributed by atoms with Crippen LogP contribution in [0.2, 0.25) is 0 Å². The molecule has 0 amide bonds. The lowest BCUT2D eigenvalue weighted by molar-refractivity contribution is 0.607. The minimum absolute atomic E-state index is 0.709. The highest BCUT2D eigenvalue weighted by atomic mass is 15.3. The first-order chi connectivity index (χ1) is 8.27. The topological polar surface area (TPSA) is 42.7 Å². The van der Waals surface area contributed by atoms with E-state index in [-0.39, 0.29) is 0 Å². The van der Waals surface area contributed by atoms with Crippen molar-refractivity contribution in [3.63, 3.8) is 0 Å². The molecule has 0 aliphatic carbocycles. The first-order valence-corrected chi connectivity index (χ1v) is 5.95. The summed E-state index contributed by atoms with van der Waals surface area (Å²) >= 11 is 0. The number of rotatable bonds is 5. The van der Waals surface area contributed by atoms with E-state index in [4.69, 9.17) is 0 Å². The molecule has 4 heteroatoms. The molecule has 0 atom stereocenters. The van der Waals surface area contributed by atoms with E-state index in [1.807, 2.05) is 18.2 Å². The number of para-hydroxylation sites is 2. The molecule has 0 saturated heterocycles. The van der Waals surface area contributed by atoms with Crippen LogP contribution < -0.4 is 5.32 Å². The highest BCUT2D eigenvalue weighted by molar-refractivity contribution is 5.60. The Kier molecular flexibility index (Phi) is 3.75. The van der Waals surface area contributed by atoms with E-state index in [9.17, 15) is 0 Å². The number of aromatic nitrogens is 3.